The summed E-state index contributed by atoms with van der Waals surface area (Å²) in [4.78, 5) is 16.7. The zero-order valence-corrected chi connectivity index (χ0v) is 15.8. The van der Waals surface area contributed by atoms with Crippen molar-refractivity contribution in [1.29, 1.82) is 0 Å². The molecule has 1 amide bonds. The summed E-state index contributed by atoms with van der Waals surface area (Å²) in [6.45, 7) is 3.59. The van der Waals surface area contributed by atoms with E-state index in [1.165, 1.54) is 0 Å². The SMILES string of the molecule is Cc1nc(-c2ccc(CC(=O)NCc3ccc4c(c3)OCCO4)cc2)cs1. The molecule has 0 saturated carbocycles. The highest BCUT2D eigenvalue weighted by Gasteiger charge is 2.12. The second kappa shape index (κ2) is 7.80. The topological polar surface area (TPSA) is 60.5 Å². The van der Waals surface area contributed by atoms with Gasteiger partial charge in [0.1, 0.15) is 13.2 Å². The number of hydrogen-bond donors (Lipinski definition) is 1. The van der Waals surface area contributed by atoms with Gasteiger partial charge in [-0.3, -0.25) is 4.79 Å². The number of hydrogen-bond acceptors (Lipinski definition) is 5. The van der Waals surface area contributed by atoms with Crippen LogP contribution in [0.1, 0.15) is 16.1 Å². The van der Waals surface area contributed by atoms with Gasteiger partial charge in [-0.1, -0.05) is 30.3 Å². The average Bonchev–Trinajstić information content (AvgIpc) is 3.13. The van der Waals surface area contributed by atoms with E-state index < -0.39 is 0 Å². The molecule has 1 N–H and O–H groups in total. The van der Waals surface area contributed by atoms with Gasteiger partial charge >= 0.3 is 0 Å². The van der Waals surface area contributed by atoms with Crippen molar-refractivity contribution in [2.45, 2.75) is 19.9 Å². The second-order valence-electron chi connectivity index (χ2n) is 6.38. The molecule has 0 saturated heterocycles. The molecule has 138 valence electrons. The molecule has 1 aliphatic heterocycles. The Kier molecular flexibility index (Phi) is 5.07. The summed E-state index contributed by atoms with van der Waals surface area (Å²) in [6.07, 6.45) is 0.348. The minimum Gasteiger partial charge on any atom is -0.486 e. The number of nitrogens with zero attached hydrogens (tertiary/aromatic N) is 1. The standard InChI is InChI=1S/C21H20N2O3S/c1-14-23-18(13-27-14)17-5-2-15(3-6-17)11-21(24)22-12-16-4-7-19-20(10-16)26-9-8-25-19/h2-7,10,13H,8-9,11-12H2,1H3,(H,22,24). The van der Waals surface area contributed by atoms with E-state index in [2.05, 4.69) is 10.3 Å². The summed E-state index contributed by atoms with van der Waals surface area (Å²) in [6, 6.07) is 13.7. The molecule has 0 unspecified atom stereocenters. The first kappa shape index (κ1) is 17.5. The van der Waals surface area contributed by atoms with Gasteiger partial charge in [-0.05, 0) is 30.2 Å². The van der Waals surface area contributed by atoms with E-state index in [9.17, 15) is 4.79 Å². The van der Waals surface area contributed by atoms with Crippen LogP contribution < -0.4 is 14.8 Å². The molecule has 27 heavy (non-hydrogen) atoms. The monoisotopic (exact) mass is 380 g/mol. The zero-order valence-electron chi connectivity index (χ0n) is 15.0. The minimum absolute atomic E-state index is 0.0119. The van der Waals surface area contributed by atoms with E-state index in [4.69, 9.17) is 9.47 Å². The maximum atomic E-state index is 12.3. The normalized spacial score (nSPS) is 12.6. The summed E-state index contributed by atoms with van der Waals surface area (Å²) in [5.41, 5.74) is 4.01. The lowest BCUT2D eigenvalue weighted by atomic mass is 10.1. The summed E-state index contributed by atoms with van der Waals surface area (Å²) in [5, 5.41) is 6.05. The molecule has 2 heterocycles. The van der Waals surface area contributed by atoms with Gasteiger partial charge in [-0.15, -0.1) is 11.3 Å². The number of aromatic nitrogens is 1. The molecule has 1 aliphatic rings. The van der Waals surface area contributed by atoms with Gasteiger partial charge in [0, 0.05) is 17.5 Å². The number of aryl methyl sites for hydroxylation is 1. The third kappa shape index (κ3) is 4.28. The van der Waals surface area contributed by atoms with Crippen LogP contribution in [0.15, 0.2) is 47.8 Å². The lowest BCUT2D eigenvalue weighted by Gasteiger charge is -2.19. The molecule has 0 aliphatic carbocycles. The molecule has 0 fully saturated rings. The molecule has 0 bridgehead atoms. The Morgan fingerprint density at radius 2 is 1.81 bits per heavy atom. The predicted molar refractivity (Wildman–Crippen MR) is 105 cm³/mol. The van der Waals surface area contributed by atoms with Crippen LogP contribution in [0.2, 0.25) is 0 Å². The molecule has 6 heteroatoms. The Morgan fingerprint density at radius 1 is 1.07 bits per heavy atom. The number of nitrogens with one attached hydrogen (secondary N) is 1. The van der Waals surface area contributed by atoms with E-state index in [1.807, 2.05) is 54.8 Å². The molecule has 5 nitrogen and oxygen atoms in total. The Hall–Kier alpha value is -2.86. The number of fused-ring (bicyclic) bond motifs is 1. The van der Waals surface area contributed by atoms with Gasteiger partial charge in [-0.25, -0.2) is 4.98 Å². The lowest BCUT2D eigenvalue weighted by molar-refractivity contribution is -0.120. The number of amides is 1. The first-order valence-electron chi connectivity index (χ1n) is 8.84. The van der Waals surface area contributed by atoms with Crippen LogP contribution in [0, 0.1) is 6.92 Å². The summed E-state index contributed by atoms with van der Waals surface area (Å²) >= 11 is 1.64. The van der Waals surface area contributed by atoms with E-state index in [0.717, 1.165) is 38.9 Å². The molecule has 2 aromatic carbocycles. The predicted octanol–water partition coefficient (Wildman–Crippen LogP) is 3.75. The molecule has 1 aromatic heterocycles. The van der Waals surface area contributed by atoms with E-state index in [0.29, 0.717) is 26.2 Å². The highest BCUT2D eigenvalue weighted by atomic mass is 32.1. The highest BCUT2D eigenvalue weighted by Crippen LogP contribution is 2.30. The third-order valence-corrected chi connectivity index (χ3v) is 5.10. The smallest absolute Gasteiger partial charge is 0.224 e. The first-order chi connectivity index (χ1) is 13.2. The summed E-state index contributed by atoms with van der Waals surface area (Å²) in [5.74, 6) is 1.48. The minimum atomic E-state index is -0.0119. The number of benzene rings is 2. The lowest BCUT2D eigenvalue weighted by Crippen LogP contribution is -2.24. The molecular weight excluding hydrogens is 360 g/mol. The van der Waals surface area contributed by atoms with Gasteiger partial charge in [0.15, 0.2) is 11.5 Å². The van der Waals surface area contributed by atoms with Gasteiger partial charge in [-0.2, -0.15) is 0 Å². The number of ether oxygens (including phenoxy) is 2. The van der Waals surface area contributed by atoms with Crippen molar-refractivity contribution < 1.29 is 14.3 Å². The second-order valence-corrected chi connectivity index (χ2v) is 7.44. The largest absolute Gasteiger partial charge is 0.486 e. The number of thiazole rings is 1. The number of carbonyl (C=O) groups excluding carboxylic acids is 1. The highest BCUT2D eigenvalue weighted by molar-refractivity contribution is 7.09. The molecule has 0 radical (unpaired) electrons. The van der Waals surface area contributed by atoms with Crippen molar-refractivity contribution >= 4 is 17.2 Å². The molecule has 4 rings (SSSR count). The molecule has 0 atom stereocenters. The fraction of sp³-hybridized carbons (Fsp3) is 0.238. The fourth-order valence-corrected chi connectivity index (χ4v) is 3.56. The Bertz CT molecular complexity index is 950. The van der Waals surface area contributed by atoms with E-state index in [1.54, 1.807) is 11.3 Å². The van der Waals surface area contributed by atoms with E-state index >= 15 is 0 Å². The summed E-state index contributed by atoms with van der Waals surface area (Å²) < 4.78 is 11.1. The van der Waals surface area contributed by atoms with Gasteiger partial charge < -0.3 is 14.8 Å². The van der Waals surface area contributed by atoms with Crippen LogP contribution >= 0.6 is 11.3 Å². The van der Waals surface area contributed by atoms with Crippen molar-refractivity contribution in [2.24, 2.45) is 0 Å². The maximum Gasteiger partial charge on any atom is 0.224 e. The average molecular weight is 380 g/mol. The molecular formula is C21H20N2O3S. The van der Waals surface area contributed by atoms with Crippen LogP contribution in [-0.2, 0) is 17.8 Å². The van der Waals surface area contributed by atoms with Crippen LogP contribution in [0.3, 0.4) is 0 Å². The van der Waals surface area contributed by atoms with Crippen molar-refractivity contribution in [2.75, 3.05) is 13.2 Å². The van der Waals surface area contributed by atoms with Crippen LogP contribution in [0.4, 0.5) is 0 Å². The molecule has 0 spiro atoms. The Labute approximate surface area is 162 Å². The van der Waals surface area contributed by atoms with Crippen molar-refractivity contribution in [1.82, 2.24) is 10.3 Å². The zero-order chi connectivity index (χ0) is 18.6. The Balaban J connectivity index is 1.33. The van der Waals surface area contributed by atoms with Crippen molar-refractivity contribution in [3.63, 3.8) is 0 Å². The third-order valence-electron chi connectivity index (χ3n) is 4.33. The van der Waals surface area contributed by atoms with E-state index in [-0.39, 0.29) is 5.91 Å². The fourth-order valence-electron chi connectivity index (χ4n) is 2.94. The quantitative estimate of drug-likeness (QED) is 0.732. The van der Waals surface area contributed by atoms with Crippen LogP contribution in [0.5, 0.6) is 11.5 Å². The molecule has 3 aromatic rings. The van der Waals surface area contributed by atoms with Gasteiger partial charge in [0.05, 0.1) is 17.1 Å². The summed E-state index contributed by atoms with van der Waals surface area (Å²) in [7, 11) is 0. The Morgan fingerprint density at radius 3 is 2.56 bits per heavy atom. The van der Waals surface area contributed by atoms with Crippen LogP contribution in [-0.4, -0.2) is 24.1 Å². The maximum absolute atomic E-state index is 12.3. The van der Waals surface area contributed by atoms with Gasteiger partial charge in [0.2, 0.25) is 5.91 Å². The first-order valence-corrected chi connectivity index (χ1v) is 9.72. The van der Waals surface area contributed by atoms with Crippen molar-refractivity contribution in [3.05, 3.63) is 64.0 Å². The van der Waals surface area contributed by atoms with Crippen molar-refractivity contribution in [3.8, 4) is 22.8 Å². The number of carbonyl (C=O) groups is 1. The number of rotatable bonds is 5. The van der Waals surface area contributed by atoms with Gasteiger partial charge in [0.25, 0.3) is 0 Å². The van der Waals surface area contributed by atoms with Crippen LogP contribution in [0.25, 0.3) is 11.3 Å².